The van der Waals surface area contributed by atoms with E-state index in [1.165, 1.54) is 5.56 Å². The topological polar surface area (TPSA) is 47.6 Å². The zero-order valence-corrected chi connectivity index (χ0v) is 18.6. The molecule has 5 heteroatoms. The second-order valence-electron chi connectivity index (χ2n) is 8.44. The molecule has 0 aliphatic heterocycles. The maximum atomic E-state index is 14.2. The third-order valence-electron chi connectivity index (χ3n) is 6.30. The molecule has 1 N–H and O–H groups in total. The minimum absolute atomic E-state index is 0.0709. The van der Waals surface area contributed by atoms with Gasteiger partial charge in [0.25, 0.3) is 0 Å². The van der Waals surface area contributed by atoms with Gasteiger partial charge < -0.3 is 14.8 Å². The largest absolute Gasteiger partial charge is 0.482 e. The Labute approximate surface area is 188 Å². The Morgan fingerprint density at radius 1 is 1.06 bits per heavy atom. The molecule has 4 rings (SSSR count). The van der Waals surface area contributed by atoms with Crippen molar-refractivity contribution in [2.45, 2.75) is 51.1 Å². The Hall–Kier alpha value is -2.92. The van der Waals surface area contributed by atoms with E-state index in [4.69, 9.17) is 9.47 Å². The first kappa shape index (κ1) is 22.3. The zero-order chi connectivity index (χ0) is 22.5. The van der Waals surface area contributed by atoms with Crippen LogP contribution in [0.2, 0.25) is 0 Å². The highest BCUT2D eigenvalue weighted by Gasteiger charge is 2.27. The van der Waals surface area contributed by atoms with Crippen LogP contribution in [0.5, 0.6) is 5.75 Å². The molecule has 0 aromatic heterocycles. The van der Waals surface area contributed by atoms with Gasteiger partial charge in [-0.15, -0.1) is 0 Å². The van der Waals surface area contributed by atoms with Crippen molar-refractivity contribution < 1.29 is 18.7 Å². The number of nitrogens with one attached hydrogen (secondary N) is 1. The molecule has 1 unspecified atom stereocenters. The molecule has 0 radical (unpaired) electrons. The van der Waals surface area contributed by atoms with Crippen LogP contribution in [0.4, 0.5) is 4.39 Å². The number of esters is 1. The molecule has 1 aliphatic rings. The average molecular weight is 436 g/mol. The summed E-state index contributed by atoms with van der Waals surface area (Å²) in [6.07, 6.45) is 3.29. The van der Waals surface area contributed by atoms with Gasteiger partial charge in [0, 0.05) is 17.5 Å². The van der Waals surface area contributed by atoms with E-state index in [2.05, 4.69) is 24.4 Å². The number of fused-ring (bicyclic) bond motifs is 1. The van der Waals surface area contributed by atoms with Crippen molar-refractivity contribution >= 4 is 16.7 Å². The SMILES string of the molecule is CCOC(=O)COc1ccc(C2CC[C@H](N[C@H](C)c3ccc(F)c4ccccc34)C2)cc1. The first-order chi connectivity index (χ1) is 15.5. The summed E-state index contributed by atoms with van der Waals surface area (Å²) in [7, 11) is 0. The lowest BCUT2D eigenvalue weighted by atomic mass is 9.96. The zero-order valence-electron chi connectivity index (χ0n) is 18.6. The second-order valence-corrected chi connectivity index (χ2v) is 8.44. The highest BCUT2D eigenvalue weighted by Crippen LogP contribution is 2.36. The molecule has 1 fully saturated rings. The summed E-state index contributed by atoms with van der Waals surface area (Å²) in [5.74, 6) is 0.631. The molecule has 0 heterocycles. The summed E-state index contributed by atoms with van der Waals surface area (Å²) < 4.78 is 24.5. The van der Waals surface area contributed by atoms with E-state index in [1.54, 1.807) is 13.0 Å². The molecule has 3 atom stereocenters. The number of carbonyl (C=O) groups is 1. The van der Waals surface area contributed by atoms with Gasteiger partial charge in [0.15, 0.2) is 6.61 Å². The van der Waals surface area contributed by atoms with Gasteiger partial charge >= 0.3 is 5.97 Å². The fraction of sp³-hybridized carbons (Fsp3) is 0.370. The van der Waals surface area contributed by atoms with Crippen LogP contribution in [0.1, 0.15) is 56.2 Å². The van der Waals surface area contributed by atoms with Crippen LogP contribution in [0, 0.1) is 5.82 Å². The van der Waals surface area contributed by atoms with E-state index >= 15 is 0 Å². The van der Waals surface area contributed by atoms with Crippen molar-refractivity contribution in [2.75, 3.05) is 13.2 Å². The minimum Gasteiger partial charge on any atom is -0.482 e. The van der Waals surface area contributed by atoms with E-state index in [0.29, 0.717) is 29.7 Å². The van der Waals surface area contributed by atoms with Crippen LogP contribution >= 0.6 is 0 Å². The fourth-order valence-corrected chi connectivity index (χ4v) is 4.72. The number of hydrogen-bond acceptors (Lipinski definition) is 4. The van der Waals surface area contributed by atoms with Crippen molar-refractivity contribution in [3.8, 4) is 5.75 Å². The molecule has 1 saturated carbocycles. The van der Waals surface area contributed by atoms with E-state index in [9.17, 15) is 9.18 Å². The van der Waals surface area contributed by atoms with Gasteiger partial charge in [-0.2, -0.15) is 0 Å². The third kappa shape index (κ3) is 5.10. The van der Waals surface area contributed by atoms with Gasteiger partial charge in [0.05, 0.1) is 6.61 Å². The molecule has 0 amide bonds. The number of halogens is 1. The number of ether oxygens (including phenoxy) is 2. The lowest BCUT2D eigenvalue weighted by Gasteiger charge is -2.22. The first-order valence-corrected chi connectivity index (χ1v) is 11.4. The van der Waals surface area contributed by atoms with Crippen LogP contribution in [0.15, 0.2) is 60.7 Å². The van der Waals surface area contributed by atoms with Gasteiger partial charge in [0.1, 0.15) is 11.6 Å². The van der Waals surface area contributed by atoms with E-state index in [-0.39, 0.29) is 24.4 Å². The molecule has 0 saturated heterocycles. The average Bonchev–Trinajstić information content (AvgIpc) is 3.27. The van der Waals surface area contributed by atoms with E-state index in [0.717, 1.165) is 30.2 Å². The molecule has 0 bridgehead atoms. The van der Waals surface area contributed by atoms with E-state index in [1.807, 2.05) is 42.5 Å². The highest BCUT2D eigenvalue weighted by atomic mass is 19.1. The molecular weight excluding hydrogens is 405 g/mol. The Morgan fingerprint density at radius 2 is 1.81 bits per heavy atom. The van der Waals surface area contributed by atoms with Gasteiger partial charge in [-0.3, -0.25) is 0 Å². The summed E-state index contributed by atoms with van der Waals surface area (Å²) in [6.45, 7) is 4.22. The molecular formula is C27H30FNO3. The monoisotopic (exact) mass is 435 g/mol. The Kier molecular flexibility index (Phi) is 7.05. The molecule has 1 aliphatic carbocycles. The number of rotatable bonds is 8. The van der Waals surface area contributed by atoms with Crippen LogP contribution in [0.25, 0.3) is 10.8 Å². The van der Waals surface area contributed by atoms with Crippen molar-refractivity contribution in [1.29, 1.82) is 0 Å². The molecule has 32 heavy (non-hydrogen) atoms. The lowest BCUT2D eigenvalue weighted by molar-refractivity contribution is -0.145. The molecule has 0 spiro atoms. The second kappa shape index (κ2) is 10.1. The smallest absolute Gasteiger partial charge is 0.344 e. The van der Waals surface area contributed by atoms with Gasteiger partial charge in [0.2, 0.25) is 0 Å². The summed E-state index contributed by atoms with van der Waals surface area (Å²) in [5.41, 5.74) is 2.42. The number of hydrogen-bond donors (Lipinski definition) is 1. The summed E-state index contributed by atoms with van der Waals surface area (Å²) >= 11 is 0. The minimum atomic E-state index is -0.357. The molecule has 4 nitrogen and oxygen atoms in total. The quantitative estimate of drug-likeness (QED) is 0.447. The van der Waals surface area contributed by atoms with E-state index < -0.39 is 0 Å². The van der Waals surface area contributed by atoms with Crippen LogP contribution < -0.4 is 10.1 Å². The Bertz CT molecular complexity index is 1070. The van der Waals surface area contributed by atoms with Gasteiger partial charge in [-0.05, 0) is 73.7 Å². The third-order valence-corrected chi connectivity index (χ3v) is 6.30. The molecule has 3 aromatic rings. The predicted molar refractivity (Wildman–Crippen MR) is 124 cm³/mol. The van der Waals surface area contributed by atoms with Crippen LogP contribution in [-0.2, 0) is 9.53 Å². The Balaban J connectivity index is 1.35. The van der Waals surface area contributed by atoms with Crippen molar-refractivity contribution in [1.82, 2.24) is 5.32 Å². The van der Waals surface area contributed by atoms with Crippen molar-refractivity contribution in [3.05, 3.63) is 77.6 Å². The number of benzene rings is 3. The summed E-state index contributed by atoms with van der Waals surface area (Å²) in [6, 6.07) is 19.7. The highest BCUT2D eigenvalue weighted by molar-refractivity contribution is 5.86. The Morgan fingerprint density at radius 3 is 2.56 bits per heavy atom. The fourth-order valence-electron chi connectivity index (χ4n) is 4.72. The van der Waals surface area contributed by atoms with Gasteiger partial charge in [-0.25, -0.2) is 9.18 Å². The molecule has 3 aromatic carbocycles. The summed E-state index contributed by atoms with van der Waals surface area (Å²) in [5, 5.41) is 5.41. The number of carbonyl (C=O) groups excluding carboxylic acids is 1. The maximum absolute atomic E-state index is 14.2. The molecule has 168 valence electrons. The van der Waals surface area contributed by atoms with Crippen molar-refractivity contribution in [3.63, 3.8) is 0 Å². The standard InChI is InChI=1S/C27H30FNO3/c1-3-31-27(30)17-32-22-12-9-19(10-13-22)20-8-11-21(16-20)29-18(2)23-14-15-26(28)25-7-5-4-6-24(23)25/h4-7,9-10,12-15,18,20-21,29H,3,8,11,16-17H2,1-2H3/t18-,20?,21+/m1/s1. The van der Waals surface area contributed by atoms with Crippen LogP contribution in [-0.4, -0.2) is 25.2 Å². The van der Waals surface area contributed by atoms with Gasteiger partial charge in [-0.1, -0.05) is 42.5 Å². The normalized spacial score (nSPS) is 19.1. The summed E-state index contributed by atoms with van der Waals surface area (Å²) in [4.78, 5) is 11.4. The lowest BCUT2D eigenvalue weighted by Crippen LogP contribution is -2.29. The predicted octanol–water partition coefficient (Wildman–Crippen LogP) is 5.91. The first-order valence-electron chi connectivity index (χ1n) is 11.4. The maximum Gasteiger partial charge on any atom is 0.344 e. The van der Waals surface area contributed by atoms with Crippen molar-refractivity contribution in [2.24, 2.45) is 0 Å². The van der Waals surface area contributed by atoms with Crippen LogP contribution in [0.3, 0.4) is 0 Å².